The molecule has 4 heterocycles. The van der Waals surface area contributed by atoms with Crippen LogP contribution in [0.1, 0.15) is 67.1 Å². The standard InChI is InChI=1S/C29H30ClFN6O4/c1-14(2)41-25-18(15(3)27-35-16(4)24-26(32)33-9-11-37(24)27)12-19(30)23(31)22(25)17-7-8-20(34-13-17)28(38)36-10-5-6-21(36)29(39)40/h7-9,11-15,21H,5-6,10H2,1-4H3,(H2,32,33)(H,39,40)/t15-,21+/m0/s1. The zero-order valence-electron chi connectivity index (χ0n) is 23.1. The van der Waals surface area contributed by atoms with Crippen molar-refractivity contribution in [1.82, 2.24) is 24.3 Å². The minimum atomic E-state index is -1.05. The molecule has 0 spiro atoms. The van der Waals surface area contributed by atoms with Crippen LogP contribution in [0.4, 0.5) is 10.2 Å². The number of carbonyl (C=O) groups is 2. The van der Waals surface area contributed by atoms with Crippen molar-refractivity contribution < 1.29 is 23.8 Å². The van der Waals surface area contributed by atoms with Gasteiger partial charge in [-0.05, 0) is 45.7 Å². The number of fused-ring (bicyclic) bond motifs is 1. The number of benzene rings is 1. The van der Waals surface area contributed by atoms with Crippen molar-refractivity contribution in [3.05, 3.63) is 70.4 Å². The number of nitrogens with two attached hydrogens (primary N) is 1. The van der Waals surface area contributed by atoms with Gasteiger partial charge in [0.2, 0.25) is 0 Å². The van der Waals surface area contributed by atoms with Crippen LogP contribution < -0.4 is 10.5 Å². The predicted molar refractivity (Wildman–Crippen MR) is 152 cm³/mol. The van der Waals surface area contributed by atoms with Gasteiger partial charge in [-0.2, -0.15) is 0 Å². The number of carbonyl (C=O) groups excluding carboxylic acids is 1. The number of carboxylic acid groups (broad SMARTS) is 1. The van der Waals surface area contributed by atoms with E-state index in [0.717, 1.165) is 0 Å². The number of aryl methyl sites for hydroxylation is 1. The molecule has 4 aromatic rings. The Morgan fingerprint density at radius 2 is 2.00 bits per heavy atom. The Balaban J connectivity index is 1.60. The highest BCUT2D eigenvalue weighted by Crippen LogP contribution is 2.44. The highest BCUT2D eigenvalue weighted by molar-refractivity contribution is 6.31. The Hall–Kier alpha value is -4.25. The number of carboxylic acids is 1. The van der Waals surface area contributed by atoms with Gasteiger partial charge in [-0.3, -0.25) is 14.2 Å². The molecule has 1 amide bonds. The molecule has 1 saturated heterocycles. The molecule has 3 N–H and O–H groups in total. The first kappa shape index (κ1) is 28.3. The molecule has 1 aliphatic heterocycles. The summed E-state index contributed by atoms with van der Waals surface area (Å²) in [5, 5.41) is 9.35. The maximum Gasteiger partial charge on any atom is 0.326 e. The van der Waals surface area contributed by atoms with Crippen molar-refractivity contribution in [2.75, 3.05) is 12.3 Å². The number of rotatable bonds is 7. The topological polar surface area (TPSA) is 136 Å². The van der Waals surface area contributed by atoms with Crippen LogP contribution in [-0.2, 0) is 4.79 Å². The van der Waals surface area contributed by atoms with Crippen LogP contribution in [-0.4, -0.2) is 59.9 Å². The zero-order valence-corrected chi connectivity index (χ0v) is 23.8. The summed E-state index contributed by atoms with van der Waals surface area (Å²) in [6.45, 7) is 7.76. The summed E-state index contributed by atoms with van der Waals surface area (Å²) in [6.07, 6.45) is 5.40. The van der Waals surface area contributed by atoms with Crippen molar-refractivity contribution in [3.63, 3.8) is 0 Å². The fourth-order valence-electron chi connectivity index (χ4n) is 5.37. The van der Waals surface area contributed by atoms with E-state index in [9.17, 15) is 14.7 Å². The number of nitrogen functional groups attached to an aromatic ring is 1. The van der Waals surface area contributed by atoms with E-state index in [2.05, 4.69) is 9.97 Å². The van der Waals surface area contributed by atoms with Crippen LogP contribution in [0.5, 0.6) is 5.75 Å². The van der Waals surface area contributed by atoms with E-state index >= 15 is 4.39 Å². The average molecular weight is 581 g/mol. The van der Waals surface area contributed by atoms with Gasteiger partial charge >= 0.3 is 5.97 Å². The number of hydrogen-bond acceptors (Lipinski definition) is 7. The van der Waals surface area contributed by atoms with Crippen molar-refractivity contribution >= 4 is 34.8 Å². The first-order valence-corrected chi connectivity index (χ1v) is 13.6. The number of hydrogen-bond donors (Lipinski definition) is 2. The van der Waals surface area contributed by atoms with E-state index in [-0.39, 0.29) is 28.1 Å². The number of nitrogens with zero attached hydrogens (tertiary/aromatic N) is 5. The van der Waals surface area contributed by atoms with Crippen LogP contribution in [0.2, 0.25) is 5.02 Å². The molecule has 0 radical (unpaired) electrons. The molecule has 0 saturated carbocycles. The Bertz CT molecular complexity index is 1660. The lowest BCUT2D eigenvalue weighted by Gasteiger charge is -2.23. The molecule has 0 aliphatic carbocycles. The highest BCUT2D eigenvalue weighted by atomic mass is 35.5. The third-order valence-corrected chi connectivity index (χ3v) is 7.54. The molecule has 1 fully saturated rings. The van der Waals surface area contributed by atoms with Gasteiger partial charge in [0.1, 0.15) is 34.6 Å². The van der Waals surface area contributed by atoms with Gasteiger partial charge in [0.15, 0.2) is 5.82 Å². The average Bonchev–Trinajstić information content (AvgIpc) is 3.56. The lowest BCUT2D eigenvalue weighted by Crippen LogP contribution is -2.40. The largest absolute Gasteiger partial charge is 0.490 e. The number of aromatic nitrogens is 4. The molecule has 12 heteroatoms. The van der Waals surface area contributed by atoms with E-state index in [0.29, 0.717) is 53.4 Å². The van der Waals surface area contributed by atoms with Gasteiger partial charge in [0.25, 0.3) is 5.91 Å². The van der Waals surface area contributed by atoms with Gasteiger partial charge in [-0.25, -0.2) is 19.2 Å². The molecule has 10 nitrogen and oxygen atoms in total. The molecule has 1 aliphatic rings. The zero-order chi connectivity index (χ0) is 29.6. The fourth-order valence-corrected chi connectivity index (χ4v) is 5.58. The van der Waals surface area contributed by atoms with Gasteiger partial charge < -0.3 is 20.5 Å². The number of imidazole rings is 1. The van der Waals surface area contributed by atoms with Crippen LogP contribution in [0, 0.1) is 12.7 Å². The maximum absolute atomic E-state index is 15.8. The molecular formula is C29H30ClFN6O4. The Morgan fingerprint density at radius 1 is 1.24 bits per heavy atom. The van der Waals surface area contributed by atoms with Crippen LogP contribution in [0.3, 0.4) is 0 Å². The summed E-state index contributed by atoms with van der Waals surface area (Å²) in [5.41, 5.74) is 8.61. The lowest BCUT2D eigenvalue weighted by atomic mass is 9.93. The van der Waals surface area contributed by atoms with Crippen LogP contribution >= 0.6 is 11.6 Å². The first-order chi connectivity index (χ1) is 19.5. The summed E-state index contributed by atoms with van der Waals surface area (Å²) in [5.74, 6) is -1.37. The Morgan fingerprint density at radius 3 is 2.66 bits per heavy atom. The summed E-state index contributed by atoms with van der Waals surface area (Å²) in [7, 11) is 0. The number of likely N-dealkylation sites (tertiary alicyclic amines) is 1. The van der Waals surface area contributed by atoms with E-state index < -0.39 is 29.7 Å². The molecule has 0 unspecified atom stereocenters. The second-order valence-electron chi connectivity index (χ2n) is 10.4. The fraction of sp³-hybridized carbons (Fsp3) is 0.345. The summed E-state index contributed by atoms with van der Waals surface area (Å²) < 4.78 is 23.8. The van der Waals surface area contributed by atoms with Crippen LogP contribution in [0.25, 0.3) is 16.6 Å². The predicted octanol–water partition coefficient (Wildman–Crippen LogP) is 5.10. The van der Waals surface area contributed by atoms with E-state index in [1.54, 1.807) is 18.5 Å². The second kappa shape index (κ2) is 11.0. The van der Waals surface area contributed by atoms with E-state index in [1.165, 1.54) is 23.2 Å². The number of aliphatic carboxylic acids is 1. The quantitative estimate of drug-likeness (QED) is 0.308. The van der Waals surface area contributed by atoms with Gasteiger partial charge in [0, 0.05) is 42.2 Å². The third-order valence-electron chi connectivity index (χ3n) is 7.26. The number of ether oxygens (including phenoxy) is 1. The van der Waals surface area contributed by atoms with Crippen molar-refractivity contribution in [1.29, 1.82) is 0 Å². The van der Waals surface area contributed by atoms with E-state index in [4.69, 9.17) is 27.1 Å². The summed E-state index contributed by atoms with van der Waals surface area (Å²) in [6, 6.07) is 3.66. The molecule has 1 aromatic carbocycles. The molecule has 5 rings (SSSR count). The van der Waals surface area contributed by atoms with Gasteiger partial charge in [0.05, 0.1) is 22.4 Å². The number of pyridine rings is 1. The normalized spacial score (nSPS) is 16.0. The summed E-state index contributed by atoms with van der Waals surface area (Å²) in [4.78, 5) is 39.1. The molecule has 41 heavy (non-hydrogen) atoms. The number of amides is 1. The SMILES string of the molecule is Cc1nc([C@@H](C)c2cc(Cl)c(F)c(-c3ccc(C(=O)N4CCC[C@@H]4C(=O)O)nc3)c2OC(C)C)n2ccnc(N)c12. The second-order valence-corrected chi connectivity index (χ2v) is 10.8. The minimum absolute atomic E-state index is 0.0646. The summed E-state index contributed by atoms with van der Waals surface area (Å²) >= 11 is 6.45. The first-order valence-electron chi connectivity index (χ1n) is 13.3. The monoisotopic (exact) mass is 580 g/mol. The lowest BCUT2D eigenvalue weighted by molar-refractivity contribution is -0.141. The van der Waals surface area contributed by atoms with Crippen LogP contribution in [0.15, 0.2) is 36.8 Å². The van der Waals surface area contributed by atoms with Crippen molar-refractivity contribution in [3.8, 4) is 16.9 Å². The van der Waals surface area contributed by atoms with Crippen molar-refractivity contribution in [2.45, 2.75) is 58.6 Å². The van der Waals surface area contributed by atoms with Gasteiger partial charge in [-0.15, -0.1) is 0 Å². The molecule has 3 aromatic heterocycles. The van der Waals surface area contributed by atoms with Gasteiger partial charge in [-0.1, -0.05) is 24.6 Å². The molecule has 0 bridgehead atoms. The molecule has 214 valence electrons. The van der Waals surface area contributed by atoms with E-state index in [1.807, 2.05) is 32.1 Å². The smallest absolute Gasteiger partial charge is 0.326 e. The molecular weight excluding hydrogens is 551 g/mol. The third kappa shape index (κ3) is 5.06. The number of halogens is 2. The molecule has 2 atom stereocenters. The highest BCUT2D eigenvalue weighted by Gasteiger charge is 2.35. The minimum Gasteiger partial charge on any atom is -0.490 e. The Labute approximate surface area is 240 Å². The number of anilines is 1. The maximum atomic E-state index is 15.8. The Kier molecular flexibility index (Phi) is 7.56. The van der Waals surface area contributed by atoms with Crippen molar-refractivity contribution in [2.24, 2.45) is 0 Å².